The number of sulfone groups is 1. The number of nitrogens with two attached hydrogens (primary N) is 1. The van der Waals surface area contributed by atoms with Gasteiger partial charge in [-0.1, -0.05) is 12.5 Å². The Hall–Kier alpha value is -2.36. The molecular weight excluding hydrogens is 381 g/mol. The molecule has 1 heterocycles. The highest BCUT2D eigenvalue weighted by Crippen LogP contribution is 2.44. The predicted molar refractivity (Wildman–Crippen MR) is 95.9 cm³/mol. The minimum Gasteiger partial charge on any atom is -0.370 e. The summed E-state index contributed by atoms with van der Waals surface area (Å²) in [5.41, 5.74) is 2.03. The van der Waals surface area contributed by atoms with E-state index in [1.54, 1.807) is 0 Å². The molecule has 3 rings (SSSR count). The highest BCUT2D eigenvalue weighted by atomic mass is 32.2. The maximum atomic E-state index is 12.9. The fraction of sp³-hybridized carbons (Fsp3) is 0.412. The van der Waals surface area contributed by atoms with Crippen LogP contribution in [0.15, 0.2) is 29.3 Å². The second kappa shape index (κ2) is 6.99. The molecule has 10 heteroatoms. The van der Waals surface area contributed by atoms with Gasteiger partial charge in [-0.2, -0.15) is 18.2 Å². The van der Waals surface area contributed by atoms with Gasteiger partial charge in [0, 0.05) is 18.3 Å². The summed E-state index contributed by atoms with van der Waals surface area (Å²) in [5, 5.41) is 3.06. The van der Waals surface area contributed by atoms with Gasteiger partial charge in [-0.3, -0.25) is 0 Å². The van der Waals surface area contributed by atoms with Crippen molar-refractivity contribution in [1.82, 2.24) is 9.97 Å². The molecule has 6 nitrogen and oxygen atoms in total. The minimum atomic E-state index is -5.41. The Kier molecular flexibility index (Phi) is 5.02. The third-order valence-corrected chi connectivity index (χ3v) is 6.11. The van der Waals surface area contributed by atoms with E-state index in [9.17, 15) is 21.6 Å². The smallest absolute Gasteiger partial charge is 0.370 e. The molecule has 1 aliphatic rings. The number of hydrogen-bond acceptors (Lipinski definition) is 6. The number of hydrogen-bond donors (Lipinski definition) is 2. The molecule has 0 saturated heterocycles. The van der Waals surface area contributed by atoms with Crippen LogP contribution >= 0.6 is 0 Å². The molecule has 1 aliphatic carbocycles. The Bertz CT molecular complexity index is 957. The molecule has 0 spiro atoms. The number of alkyl halides is 3. The van der Waals surface area contributed by atoms with E-state index in [2.05, 4.69) is 15.3 Å². The quantitative estimate of drug-likeness (QED) is 0.794. The third kappa shape index (κ3) is 3.58. The average Bonchev–Trinajstić information content (AvgIpc) is 2.53. The van der Waals surface area contributed by atoms with Gasteiger partial charge in [0.05, 0.1) is 4.90 Å². The lowest BCUT2D eigenvalue weighted by atomic mass is 9.77. The van der Waals surface area contributed by atoms with E-state index in [4.69, 9.17) is 5.73 Å². The van der Waals surface area contributed by atoms with Gasteiger partial charge in [0.2, 0.25) is 5.95 Å². The van der Waals surface area contributed by atoms with Gasteiger partial charge in [-0.05, 0) is 48.9 Å². The Morgan fingerprint density at radius 3 is 2.52 bits per heavy atom. The first-order valence-electron chi connectivity index (χ1n) is 8.47. The molecule has 1 saturated carbocycles. The molecule has 2 aromatic rings. The molecule has 0 atom stereocenters. The standard InChI is InChI=1S/C17H19F3N4O2S/c1-2-22-15-14(9-23-16(21)24-15)12-7-6-11(27(25,26)17(18,19)20)8-13(12)10-4-3-5-10/h6-10H,2-5H2,1H3,(H3,21,22,23,24). The first kappa shape index (κ1) is 19.4. The topological polar surface area (TPSA) is 98.0 Å². The number of halogens is 3. The summed E-state index contributed by atoms with van der Waals surface area (Å²) in [4.78, 5) is 7.38. The average molecular weight is 400 g/mol. The molecule has 146 valence electrons. The second-order valence-corrected chi connectivity index (χ2v) is 8.29. The largest absolute Gasteiger partial charge is 0.501 e. The number of aromatic nitrogens is 2. The highest BCUT2D eigenvalue weighted by molar-refractivity contribution is 7.92. The zero-order valence-corrected chi connectivity index (χ0v) is 15.4. The zero-order chi connectivity index (χ0) is 19.8. The predicted octanol–water partition coefficient (Wildman–Crippen LogP) is 3.72. The zero-order valence-electron chi connectivity index (χ0n) is 14.5. The van der Waals surface area contributed by atoms with Gasteiger partial charge < -0.3 is 11.1 Å². The minimum absolute atomic E-state index is 0.00425. The second-order valence-electron chi connectivity index (χ2n) is 6.35. The summed E-state index contributed by atoms with van der Waals surface area (Å²) in [6.45, 7) is 2.43. The first-order valence-corrected chi connectivity index (χ1v) is 9.95. The lowest BCUT2D eigenvalue weighted by Crippen LogP contribution is -2.23. The summed E-state index contributed by atoms with van der Waals surface area (Å²) in [6, 6.07) is 3.50. The number of nitrogens with zero attached hydrogens (tertiary/aromatic N) is 2. The van der Waals surface area contributed by atoms with Crippen molar-refractivity contribution in [3.8, 4) is 11.1 Å². The van der Waals surface area contributed by atoms with E-state index in [0.29, 0.717) is 29.1 Å². The van der Waals surface area contributed by atoms with Crippen molar-refractivity contribution >= 4 is 21.6 Å². The van der Waals surface area contributed by atoms with Crippen LogP contribution in [-0.4, -0.2) is 30.4 Å². The van der Waals surface area contributed by atoms with Gasteiger partial charge in [0.25, 0.3) is 9.84 Å². The number of anilines is 2. The van der Waals surface area contributed by atoms with E-state index in [1.807, 2.05) is 6.92 Å². The highest BCUT2D eigenvalue weighted by Gasteiger charge is 2.47. The fourth-order valence-corrected chi connectivity index (χ4v) is 3.84. The lowest BCUT2D eigenvalue weighted by Gasteiger charge is -2.29. The summed E-state index contributed by atoms with van der Waals surface area (Å²) >= 11 is 0. The van der Waals surface area contributed by atoms with E-state index in [-0.39, 0.29) is 11.9 Å². The maximum absolute atomic E-state index is 12.9. The van der Waals surface area contributed by atoms with Crippen LogP contribution in [0, 0.1) is 0 Å². The van der Waals surface area contributed by atoms with Gasteiger partial charge in [-0.25, -0.2) is 13.4 Å². The number of rotatable bonds is 5. The molecule has 0 unspecified atom stereocenters. The molecule has 27 heavy (non-hydrogen) atoms. The van der Waals surface area contributed by atoms with Crippen LogP contribution in [0.25, 0.3) is 11.1 Å². The van der Waals surface area contributed by atoms with Crippen molar-refractivity contribution in [3.63, 3.8) is 0 Å². The van der Waals surface area contributed by atoms with Crippen LogP contribution in [-0.2, 0) is 9.84 Å². The van der Waals surface area contributed by atoms with Gasteiger partial charge >= 0.3 is 5.51 Å². The number of nitrogens with one attached hydrogen (secondary N) is 1. The van der Waals surface area contributed by atoms with E-state index in [0.717, 1.165) is 31.4 Å². The van der Waals surface area contributed by atoms with Crippen LogP contribution in [0.5, 0.6) is 0 Å². The molecule has 1 aromatic heterocycles. The van der Waals surface area contributed by atoms with Crippen LogP contribution in [0.1, 0.15) is 37.7 Å². The molecule has 0 aliphatic heterocycles. The molecule has 0 radical (unpaired) electrons. The molecule has 0 bridgehead atoms. The molecule has 3 N–H and O–H groups in total. The molecule has 1 fully saturated rings. The Labute approximate surface area is 154 Å². The summed E-state index contributed by atoms with van der Waals surface area (Å²) in [6.07, 6.45) is 4.01. The van der Waals surface area contributed by atoms with Crippen molar-refractivity contribution in [1.29, 1.82) is 0 Å². The van der Waals surface area contributed by atoms with E-state index in [1.165, 1.54) is 12.3 Å². The normalized spacial score (nSPS) is 15.4. The SMILES string of the molecule is CCNc1nc(N)ncc1-c1ccc(S(=O)(=O)C(F)(F)F)cc1C1CCC1. The Morgan fingerprint density at radius 1 is 1.26 bits per heavy atom. The van der Waals surface area contributed by atoms with Gasteiger partial charge in [-0.15, -0.1) is 0 Å². The van der Waals surface area contributed by atoms with Crippen molar-refractivity contribution in [2.75, 3.05) is 17.6 Å². The Morgan fingerprint density at radius 2 is 1.96 bits per heavy atom. The number of benzene rings is 1. The van der Waals surface area contributed by atoms with Gasteiger partial charge in [0.1, 0.15) is 5.82 Å². The first-order chi connectivity index (χ1) is 12.6. The van der Waals surface area contributed by atoms with Crippen LogP contribution in [0.4, 0.5) is 24.9 Å². The third-order valence-electron chi connectivity index (χ3n) is 4.62. The summed E-state index contributed by atoms with van der Waals surface area (Å²) in [7, 11) is -5.41. The van der Waals surface area contributed by atoms with Crippen molar-refractivity contribution < 1.29 is 21.6 Å². The molecular formula is C17H19F3N4O2S. The van der Waals surface area contributed by atoms with E-state index >= 15 is 0 Å². The van der Waals surface area contributed by atoms with Crippen LogP contribution in [0.2, 0.25) is 0 Å². The molecule has 1 aromatic carbocycles. The number of nitrogen functional groups attached to an aromatic ring is 1. The van der Waals surface area contributed by atoms with E-state index < -0.39 is 20.2 Å². The summed E-state index contributed by atoms with van der Waals surface area (Å²) in [5.74, 6) is 0.517. The summed E-state index contributed by atoms with van der Waals surface area (Å²) < 4.78 is 62.5. The molecule has 0 amide bonds. The van der Waals surface area contributed by atoms with Gasteiger partial charge in [0.15, 0.2) is 0 Å². The Balaban J connectivity index is 2.18. The van der Waals surface area contributed by atoms with Crippen molar-refractivity contribution in [2.45, 2.75) is 42.5 Å². The monoisotopic (exact) mass is 400 g/mol. The fourth-order valence-electron chi connectivity index (χ4n) is 3.04. The van der Waals surface area contributed by atoms with Crippen molar-refractivity contribution in [2.24, 2.45) is 0 Å². The maximum Gasteiger partial charge on any atom is 0.501 e. The van der Waals surface area contributed by atoms with Crippen LogP contribution in [0.3, 0.4) is 0 Å². The van der Waals surface area contributed by atoms with Crippen LogP contribution < -0.4 is 11.1 Å². The lowest BCUT2D eigenvalue weighted by molar-refractivity contribution is -0.0436. The van der Waals surface area contributed by atoms with Crippen molar-refractivity contribution in [3.05, 3.63) is 30.0 Å².